The van der Waals surface area contributed by atoms with Gasteiger partial charge in [0.2, 0.25) is 0 Å². The average molecular weight is 349 g/mol. The highest BCUT2D eigenvalue weighted by atomic mass is 31.2. The fourth-order valence-corrected chi connectivity index (χ4v) is 3.64. The first-order chi connectivity index (χ1) is 11.5. The number of alkyl carbamates (subject to hydrolysis) is 1. The normalized spacial score (nSPS) is 24.9. The number of methoxy groups -OCH3 is 1. The molecular weight excluding hydrogens is 333 g/mol. The Balaban J connectivity index is 1.70. The number of rotatable bonds is 5. The lowest BCUT2D eigenvalue weighted by molar-refractivity contribution is 0.123. The first-order valence-electron chi connectivity index (χ1n) is 7.14. The summed E-state index contributed by atoms with van der Waals surface area (Å²) in [5.41, 5.74) is -0.631. The van der Waals surface area contributed by atoms with Gasteiger partial charge in [-0.15, -0.1) is 0 Å². The van der Waals surface area contributed by atoms with E-state index < -0.39 is 19.2 Å². The van der Waals surface area contributed by atoms with Crippen LogP contribution in [0.4, 0.5) is 4.79 Å². The Morgan fingerprint density at radius 3 is 2.38 bits per heavy atom. The van der Waals surface area contributed by atoms with Gasteiger partial charge >= 0.3 is 13.7 Å². The van der Waals surface area contributed by atoms with Crippen molar-refractivity contribution in [2.24, 2.45) is 0 Å². The van der Waals surface area contributed by atoms with Gasteiger partial charge in [0.1, 0.15) is 12.4 Å². The Kier molecular flexibility index (Phi) is 4.32. The molecule has 24 heavy (non-hydrogen) atoms. The van der Waals surface area contributed by atoms with E-state index in [1.165, 1.54) is 7.11 Å². The van der Waals surface area contributed by atoms with Crippen LogP contribution in [0.2, 0.25) is 0 Å². The quantitative estimate of drug-likeness (QED) is 0.636. The number of ether oxygens (including phenoxy) is 2. The first kappa shape index (κ1) is 16.5. The number of hydrogen-bond donors (Lipinski definition) is 2. The number of nitrogens with one attached hydrogen (secondary N) is 1. The predicted molar refractivity (Wildman–Crippen MR) is 85.3 cm³/mol. The zero-order valence-corrected chi connectivity index (χ0v) is 13.7. The van der Waals surface area contributed by atoms with Crippen molar-refractivity contribution in [3.8, 4) is 5.75 Å². The number of benzene rings is 2. The second kappa shape index (κ2) is 6.28. The predicted octanol–water partition coefficient (Wildman–Crippen LogP) is 2.95. The molecule has 1 aliphatic heterocycles. The Hall–Kier alpha value is -2.34. The third kappa shape index (κ3) is 3.14. The second-order valence-corrected chi connectivity index (χ2v) is 7.02. The second-order valence-electron chi connectivity index (χ2n) is 5.17. The van der Waals surface area contributed by atoms with E-state index in [2.05, 4.69) is 5.32 Å². The van der Waals surface area contributed by atoms with Crippen molar-refractivity contribution in [2.45, 2.75) is 12.1 Å². The highest BCUT2D eigenvalue weighted by Crippen LogP contribution is 2.78. The molecular formula is C16H16NO6P. The zero-order chi connectivity index (χ0) is 17.2. The molecule has 0 bridgehead atoms. The molecule has 1 aliphatic rings. The van der Waals surface area contributed by atoms with E-state index in [1.807, 2.05) is 18.2 Å². The molecule has 2 atom stereocenters. The molecule has 7 nitrogen and oxygen atoms in total. The summed E-state index contributed by atoms with van der Waals surface area (Å²) in [6.07, 6.45) is -0.846. The Morgan fingerprint density at radius 2 is 1.83 bits per heavy atom. The highest BCUT2D eigenvalue weighted by Gasteiger charge is 2.71. The molecule has 126 valence electrons. The van der Waals surface area contributed by atoms with Gasteiger partial charge in [0, 0.05) is 5.56 Å². The molecule has 0 spiro atoms. The smallest absolute Gasteiger partial charge is 0.410 e. The maximum atomic E-state index is 12.0. The van der Waals surface area contributed by atoms with Gasteiger partial charge in [-0.3, -0.25) is 14.4 Å². The summed E-state index contributed by atoms with van der Waals surface area (Å²) in [4.78, 5) is 21.8. The molecule has 1 heterocycles. The summed E-state index contributed by atoms with van der Waals surface area (Å²) in [5, 5.41) is 2.34. The van der Waals surface area contributed by atoms with Crippen molar-refractivity contribution in [2.75, 3.05) is 7.11 Å². The monoisotopic (exact) mass is 349 g/mol. The summed E-state index contributed by atoms with van der Waals surface area (Å²) in [6.45, 7) is 0.0428. The lowest BCUT2D eigenvalue weighted by atomic mass is 10.2. The summed E-state index contributed by atoms with van der Waals surface area (Å²) < 4.78 is 27.0. The van der Waals surface area contributed by atoms with Gasteiger partial charge in [-0.25, -0.2) is 4.79 Å². The van der Waals surface area contributed by atoms with Crippen molar-refractivity contribution in [3.63, 3.8) is 0 Å². The first-order valence-corrected chi connectivity index (χ1v) is 8.72. The van der Waals surface area contributed by atoms with E-state index >= 15 is 0 Å². The standard InChI is InChI=1S/C16H16NO6P/c1-21-14-9-7-13(8-10-14)16(23-24(16,19)20)17-15(18)22-11-12-5-3-2-4-6-12/h2-10H,11H2,1H3,(H,17,18)(H,19,20). The maximum Gasteiger partial charge on any atom is 0.410 e. The van der Waals surface area contributed by atoms with E-state index in [0.29, 0.717) is 11.3 Å². The molecule has 0 aromatic heterocycles. The van der Waals surface area contributed by atoms with E-state index in [0.717, 1.165) is 5.56 Å². The maximum absolute atomic E-state index is 12.0. The minimum absolute atomic E-state index is 0.0428. The van der Waals surface area contributed by atoms with Gasteiger partial charge in [0.15, 0.2) is 0 Å². The topological polar surface area (TPSA) is 97.4 Å². The fourth-order valence-electron chi connectivity index (χ4n) is 2.25. The third-order valence-corrected chi connectivity index (χ3v) is 5.20. The number of hydrogen-bond acceptors (Lipinski definition) is 5. The number of carbonyl (C=O) groups excluding carboxylic acids is 1. The van der Waals surface area contributed by atoms with Crippen molar-refractivity contribution in [1.82, 2.24) is 5.32 Å². The Bertz CT molecular complexity index is 779. The average Bonchev–Trinajstić information content (AvgIpc) is 3.15. The number of carbonyl (C=O) groups is 1. The Labute approximate surface area is 138 Å². The van der Waals surface area contributed by atoms with Crippen molar-refractivity contribution in [1.29, 1.82) is 0 Å². The van der Waals surface area contributed by atoms with Crippen LogP contribution in [0, 0.1) is 0 Å². The molecule has 2 aromatic carbocycles. The SMILES string of the molecule is COc1ccc(C2(NC(=O)OCc3ccccc3)OP2(=O)O)cc1. The summed E-state index contributed by atoms with van der Waals surface area (Å²) in [7, 11) is -2.47. The van der Waals surface area contributed by atoms with Crippen molar-refractivity contribution >= 4 is 13.7 Å². The van der Waals surface area contributed by atoms with Crippen LogP contribution in [0.25, 0.3) is 0 Å². The molecule has 1 fully saturated rings. The van der Waals surface area contributed by atoms with Crippen LogP contribution >= 0.6 is 7.60 Å². The van der Waals surface area contributed by atoms with Crippen LogP contribution in [0.1, 0.15) is 11.1 Å². The van der Waals surface area contributed by atoms with Crippen LogP contribution < -0.4 is 10.1 Å². The molecule has 8 heteroatoms. The lowest BCUT2D eigenvalue weighted by Gasteiger charge is -2.14. The molecule has 2 aromatic rings. The van der Waals surface area contributed by atoms with Crippen molar-refractivity contribution < 1.29 is 28.3 Å². The van der Waals surface area contributed by atoms with Crippen LogP contribution in [0.15, 0.2) is 54.6 Å². The van der Waals surface area contributed by atoms with Gasteiger partial charge in [0.25, 0.3) is 5.47 Å². The van der Waals surface area contributed by atoms with Crippen LogP contribution in [-0.4, -0.2) is 18.1 Å². The number of amides is 1. The molecule has 0 aliphatic carbocycles. The van der Waals surface area contributed by atoms with Gasteiger partial charge in [-0.1, -0.05) is 30.3 Å². The molecule has 2 N–H and O–H groups in total. The molecule has 0 saturated carbocycles. The summed E-state index contributed by atoms with van der Waals surface area (Å²) >= 11 is 0. The van der Waals surface area contributed by atoms with E-state index in [1.54, 1.807) is 36.4 Å². The molecule has 1 amide bonds. The third-order valence-electron chi connectivity index (χ3n) is 3.59. The van der Waals surface area contributed by atoms with Crippen molar-refractivity contribution in [3.05, 3.63) is 65.7 Å². The van der Waals surface area contributed by atoms with E-state index in [4.69, 9.17) is 14.0 Å². The van der Waals surface area contributed by atoms with E-state index in [9.17, 15) is 14.3 Å². The van der Waals surface area contributed by atoms with E-state index in [-0.39, 0.29) is 6.61 Å². The minimum Gasteiger partial charge on any atom is -0.497 e. The Morgan fingerprint density at radius 1 is 1.21 bits per heavy atom. The van der Waals surface area contributed by atoms with Gasteiger partial charge < -0.3 is 14.4 Å². The van der Waals surface area contributed by atoms with Gasteiger partial charge in [-0.05, 0) is 29.8 Å². The van der Waals surface area contributed by atoms with Crippen LogP contribution in [-0.2, 0) is 25.9 Å². The minimum atomic E-state index is -3.98. The molecule has 3 rings (SSSR count). The largest absolute Gasteiger partial charge is 0.497 e. The zero-order valence-electron chi connectivity index (χ0n) is 12.8. The van der Waals surface area contributed by atoms with Crippen LogP contribution in [0.5, 0.6) is 5.75 Å². The van der Waals surface area contributed by atoms with Gasteiger partial charge in [0.05, 0.1) is 7.11 Å². The summed E-state index contributed by atoms with van der Waals surface area (Å²) in [5.74, 6) is 0.578. The molecule has 1 saturated heterocycles. The fraction of sp³-hybridized carbons (Fsp3) is 0.188. The molecule has 0 radical (unpaired) electrons. The van der Waals surface area contributed by atoms with Crippen LogP contribution in [0.3, 0.4) is 0 Å². The summed E-state index contributed by atoms with van der Waals surface area (Å²) in [6, 6.07) is 15.4. The highest BCUT2D eigenvalue weighted by molar-refractivity contribution is 7.60. The lowest BCUT2D eigenvalue weighted by Crippen LogP contribution is -2.35. The van der Waals surface area contributed by atoms with Gasteiger partial charge in [-0.2, -0.15) is 0 Å². The molecule has 2 unspecified atom stereocenters.